The van der Waals surface area contributed by atoms with Crippen LogP contribution in [0.1, 0.15) is 12.8 Å². The molecule has 0 radical (unpaired) electrons. The molecule has 22 heavy (non-hydrogen) atoms. The van der Waals surface area contributed by atoms with Crippen LogP contribution in [0, 0.1) is 5.92 Å². The molecule has 1 aliphatic rings. The Bertz CT molecular complexity index is 532. The van der Waals surface area contributed by atoms with Crippen LogP contribution in [-0.4, -0.2) is 44.1 Å². The maximum absolute atomic E-state index is 12.2. The van der Waals surface area contributed by atoms with Crippen LogP contribution in [0.5, 0.6) is 5.75 Å². The van der Waals surface area contributed by atoms with Crippen molar-refractivity contribution in [2.45, 2.75) is 12.8 Å². The van der Waals surface area contributed by atoms with Gasteiger partial charge in [-0.15, -0.1) is 0 Å². The van der Waals surface area contributed by atoms with E-state index in [2.05, 4.69) is 5.32 Å². The topological polar surface area (TPSA) is 41.6 Å². The van der Waals surface area contributed by atoms with E-state index in [1.54, 1.807) is 0 Å². The van der Waals surface area contributed by atoms with Gasteiger partial charge in [-0.2, -0.15) is 0 Å². The first-order chi connectivity index (χ1) is 10.5. The Hall–Kier alpha value is -0.680. The van der Waals surface area contributed by atoms with Crippen molar-refractivity contribution in [3.63, 3.8) is 0 Å². The number of carbonyl (C=O) groups excluding carboxylic acids is 1. The Morgan fingerprint density at radius 2 is 1.86 bits per heavy atom. The first-order valence-corrected chi connectivity index (χ1v) is 8.34. The van der Waals surface area contributed by atoms with Crippen LogP contribution in [0.25, 0.3) is 0 Å². The number of amides is 1. The van der Waals surface area contributed by atoms with Crippen molar-refractivity contribution in [2.75, 3.05) is 33.3 Å². The predicted molar refractivity (Wildman–Crippen MR) is 90.2 cm³/mol. The molecule has 1 aromatic rings. The first kappa shape index (κ1) is 17.7. The lowest BCUT2D eigenvalue weighted by atomic mass is 9.97. The number of rotatable bonds is 5. The molecule has 0 spiro atoms. The number of halogens is 3. The average Bonchev–Trinajstić information content (AvgIpc) is 2.50. The molecule has 0 bridgehead atoms. The molecule has 0 saturated carbocycles. The lowest BCUT2D eigenvalue weighted by Gasteiger charge is -2.31. The Morgan fingerprint density at radius 1 is 1.23 bits per heavy atom. The van der Waals surface area contributed by atoms with Crippen LogP contribution in [0.3, 0.4) is 0 Å². The zero-order valence-corrected chi connectivity index (χ0v) is 14.6. The molecular weight excluding hydrogens is 347 g/mol. The van der Waals surface area contributed by atoms with E-state index in [0.717, 1.165) is 32.5 Å². The normalized spacial score (nSPS) is 15.9. The number of benzene rings is 1. The van der Waals surface area contributed by atoms with Gasteiger partial charge in [-0.3, -0.25) is 4.79 Å². The zero-order chi connectivity index (χ0) is 16.1. The molecule has 1 heterocycles. The summed E-state index contributed by atoms with van der Waals surface area (Å²) < 4.78 is 5.48. The number of hydrogen-bond donors (Lipinski definition) is 1. The van der Waals surface area contributed by atoms with Gasteiger partial charge in [-0.1, -0.05) is 34.8 Å². The van der Waals surface area contributed by atoms with E-state index in [-0.39, 0.29) is 12.5 Å². The highest BCUT2D eigenvalue weighted by Gasteiger charge is 2.22. The molecular formula is C15H19Cl3N2O2. The molecule has 0 aliphatic carbocycles. The number of piperidine rings is 1. The Balaban J connectivity index is 1.85. The second kappa shape index (κ2) is 8.25. The zero-order valence-electron chi connectivity index (χ0n) is 12.4. The molecule has 1 N–H and O–H groups in total. The van der Waals surface area contributed by atoms with Crippen molar-refractivity contribution in [1.82, 2.24) is 10.2 Å². The summed E-state index contributed by atoms with van der Waals surface area (Å²) in [5.74, 6) is 0.971. The summed E-state index contributed by atoms with van der Waals surface area (Å²) in [6.07, 6.45) is 2.03. The quantitative estimate of drug-likeness (QED) is 0.812. The molecule has 7 heteroatoms. The predicted octanol–water partition coefficient (Wildman–Crippen LogP) is 3.48. The van der Waals surface area contributed by atoms with Gasteiger partial charge in [0.25, 0.3) is 5.91 Å². The molecule has 1 amide bonds. The van der Waals surface area contributed by atoms with Gasteiger partial charge in [0, 0.05) is 19.2 Å². The number of ether oxygens (including phenoxy) is 1. The third kappa shape index (κ3) is 4.66. The minimum Gasteiger partial charge on any atom is -0.482 e. The number of carbonyl (C=O) groups is 1. The average molecular weight is 366 g/mol. The molecule has 1 aromatic carbocycles. The maximum Gasteiger partial charge on any atom is 0.260 e. The summed E-state index contributed by atoms with van der Waals surface area (Å²) in [6, 6.07) is 3.03. The minimum absolute atomic E-state index is 0.0370. The van der Waals surface area contributed by atoms with Crippen LogP contribution < -0.4 is 10.1 Å². The highest BCUT2D eigenvalue weighted by Crippen LogP contribution is 2.33. The number of nitrogens with zero attached hydrogens (tertiary/aromatic N) is 1. The maximum atomic E-state index is 12.2. The Labute approximate surface area is 145 Å². The smallest absolute Gasteiger partial charge is 0.260 e. The van der Waals surface area contributed by atoms with E-state index in [1.165, 1.54) is 12.1 Å². The van der Waals surface area contributed by atoms with Gasteiger partial charge < -0.3 is 15.0 Å². The summed E-state index contributed by atoms with van der Waals surface area (Å²) in [7, 11) is 1.95. The summed E-state index contributed by atoms with van der Waals surface area (Å²) in [6.45, 7) is 2.49. The van der Waals surface area contributed by atoms with Crippen molar-refractivity contribution < 1.29 is 9.53 Å². The first-order valence-electron chi connectivity index (χ1n) is 7.21. The molecule has 0 aromatic heterocycles. The third-order valence-electron chi connectivity index (χ3n) is 3.79. The van der Waals surface area contributed by atoms with Crippen molar-refractivity contribution in [3.05, 3.63) is 27.2 Å². The second-order valence-corrected chi connectivity index (χ2v) is 6.59. The van der Waals surface area contributed by atoms with Gasteiger partial charge in [0.1, 0.15) is 5.75 Å². The Morgan fingerprint density at radius 3 is 2.50 bits per heavy atom. The lowest BCUT2D eigenvalue weighted by Crippen LogP contribution is -2.42. The molecule has 0 atom stereocenters. The molecule has 1 aliphatic heterocycles. The van der Waals surface area contributed by atoms with Crippen LogP contribution in [-0.2, 0) is 4.79 Å². The summed E-state index contributed by atoms with van der Waals surface area (Å²) in [5.41, 5.74) is 0. The van der Waals surface area contributed by atoms with Crippen molar-refractivity contribution >= 4 is 40.7 Å². The number of nitrogens with one attached hydrogen (secondary N) is 1. The fourth-order valence-electron chi connectivity index (χ4n) is 2.52. The number of hydrogen-bond acceptors (Lipinski definition) is 3. The fourth-order valence-corrected chi connectivity index (χ4v) is 3.11. The van der Waals surface area contributed by atoms with Gasteiger partial charge in [0.05, 0.1) is 15.1 Å². The second-order valence-electron chi connectivity index (χ2n) is 5.37. The van der Waals surface area contributed by atoms with E-state index >= 15 is 0 Å². The lowest BCUT2D eigenvalue weighted by molar-refractivity contribution is -0.134. The van der Waals surface area contributed by atoms with Gasteiger partial charge in [0.2, 0.25) is 0 Å². The van der Waals surface area contributed by atoms with Crippen LogP contribution in [0.2, 0.25) is 15.1 Å². The van der Waals surface area contributed by atoms with Crippen molar-refractivity contribution in [1.29, 1.82) is 0 Å². The summed E-state index contributed by atoms with van der Waals surface area (Å²) >= 11 is 17.8. The largest absolute Gasteiger partial charge is 0.482 e. The standard InChI is InChI=1S/C15H19Cl3N2O2/c1-19-8-10-2-4-20(5-3-10)15(21)9-22-14-7-12(17)11(16)6-13(14)18/h6-7,10,19H,2-5,8-9H2,1H3. The molecule has 0 unspecified atom stereocenters. The van der Waals surface area contributed by atoms with Gasteiger partial charge in [-0.05, 0) is 38.4 Å². The van der Waals surface area contributed by atoms with E-state index in [1.807, 2.05) is 11.9 Å². The van der Waals surface area contributed by atoms with Crippen LogP contribution >= 0.6 is 34.8 Å². The SMILES string of the molecule is CNCC1CCN(C(=O)COc2cc(Cl)c(Cl)cc2Cl)CC1. The third-order valence-corrected chi connectivity index (χ3v) is 4.80. The van der Waals surface area contributed by atoms with Crippen molar-refractivity contribution in [2.24, 2.45) is 5.92 Å². The van der Waals surface area contributed by atoms with E-state index < -0.39 is 0 Å². The molecule has 122 valence electrons. The minimum atomic E-state index is -0.0472. The molecule has 4 nitrogen and oxygen atoms in total. The van der Waals surface area contributed by atoms with E-state index in [9.17, 15) is 4.79 Å². The summed E-state index contributed by atoms with van der Waals surface area (Å²) in [5, 5.41) is 4.23. The highest BCUT2D eigenvalue weighted by atomic mass is 35.5. The summed E-state index contributed by atoms with van der Waals surface area (Å²) in [4.78, 5) is 14.0. The van der Waals surface area contributed by atoms with Crippen LogP contribution in [0.4, 0.5) is 0 Å². The van der Waals surface area contributed by atoms with Gasteiger partial charge in [-0.25, -0.2) is 0 Å². The highest BCUT2D eigenvalue weighted by molar-refractivity contribution is 6.43. The van der Waals surface area contributed by atoms with Gasteiger partial charge in [0.15, 0.2) is 6.61 Å². The molecule has 2 rings (SSSR count). The fraction of sp³-hybridized carbons (Fsp3) is 0.533. The number of likely N-dealkylation sites (tertiary alicyclic amines) is 1. The monoisotopic (exact) mass is 364 g/mol. The van der Waals surface area contributed by atoms with Crippen LogP contribution in [0.15, 0.2) is 12.1 Å². The Kier molecular flexibility index (Phi) is 6.63. The van der Waals surface area contributed by atoms with Crippen molar-refractivity contribution in [3.8, 4) is 5.75 Å². The van der Waals surface area contributed by atoms with E-state index in [0.29, 0.717) is 26.7 Å². The molecule has 1 fully saturated rings. The molecule has 1 saturated heterocycles. The van der Waals surface area contributed by atoms with Gasteiger partial charge >= 0.3 is 0 Å². The van der Waals surface area contributed by atoms with E-state index in [4.69, 9.17) is 39.5 Å².